The van der Waals surface area contributed by atoms with Gasteiger partial charge in [0.05, 0.1) is 11.4 Å². The number of nitrogens with zero attached hydrogens (tertiary/aromatic N) is 2. The predicted molar refractivity (Wildman–Crippen MR) is 113 cm³/mol. The number of piperazine rings is 1. The molecule has 1 aliphatic heterocycles. The van der Waals surface area contributed by atoms with Crippen molar-refractivity contribution in [2.75, 3.05) is 32.7 Å². The van der Waals surface area contributed by atoms with Crippen molar-refractivity contribution in [1.29, 1.82) is 0 Å². The fourth-order valence-corrected chi connectivity index (χ4v) is 5.92. The van der Waals surface area contributed by atoms with Crippen LogP contribution in [0.15, 0.2) is 29.2 Å². The molecule has 1 aromatic heterocycles. The lowest BCUT2D eigenvalue weighted by Crippen LogP contribution is -2.49. The van der Waals surface area contributed by atoms with E-state index in [-0.39, 0.29) is 5.78 Å². The van der Waals surface area contributed by atoms with Crippen LogP contribution in [0.25, 0.3) is 0 Å². The van der Waals surface area contributed by atoms with Crippen molar-refractivity contribution < 1.29 is 13.2 Å². The van der Waals surface area contributed by atoms with Crippen molar-refractivity contribution in [3.63, 3.8) is 0 Å². The van der Waals surface area contributed by atoms with Gasteiger partial charge < -0.3 is 4.98 Å². The Morgan fingerprint density at radius 1 is 1.00 bits per heavy atom. The second-order valence-corrected chi connectivity index (χ2v) is 10.2. The van der Waals surface area contributed by atoms with Crippen LogP contribution < -0.4 is 0 Å². The van der Waals surface area contributed by atoms with Gasteiger partial charge in [0.2, 0.25) is 10.0 Å². The predicted octanol–water partition coefficient (Wildman–Crippen LogP) is 2.70. The highest BCUT2D eigenvalue weighted by Crippen LogP contribution is 2.26. The third-order valence-corrected chi connectivity index (χ3v) is 8.00. The molecule has 29 heavy (non-hydrogen) atoms. The van der Waals surface area contributed by atoms with E-state index in [1.165, 1.54) is 17.5 Å². The topological polar surface area (TPSA) is 73.5 Å². The quantitative estimate of drug-likeness (QED) is 0.762. The van der Waals surface area contributed by atoms with Crippen LogP contribution in [0.4, 0.5) is 0 Å². The molecule has 156 valence electrons. The van der Waals surface area contributed by atoms with Gasteiger partial charge in [-0.25, -0.2) is 8.42 Å². The van der Waals surface area contributed by atoms with Crippen molar-refractivity contribution in [2.24, 2.45) is 0 Å². The maximum Gasteiger partial charge on any atom is 0.243 e. The molecule has 1 saturated heterocycles. The summed E-state index contributed by atoms with van der Waals surface area (Å²) in [5.41, 5.74) is 5.06. The lowest BCUT2D eigenvalue weighted by Gasteiger charge is -2.33. The number of hydrogen-bond donors (Lipinski definition) is 1. The zero-order valence-electron chi connectivity index (χ0n) is 17.2. The molecule has 1 N–H and O–H groups in total. The largest absolute Gasteiger partial charge is 0.362 e. The highest BCUT2D eigenvalue weighted by atomic mass is 32.2. The molecule has 1 fully saturated rings. The van der Waals surface area contributed by atoms with Crippen molar-refractivity contribution in [3.8, 4) is 0 Å². The molecule has 0 radical (unpaired) electrons. The number of sulfonamides is 1. The minimum atomic E-state index is -3.49. The van der Waals surface area contributed by atoms with Crippen LogP contribution in [0, 0.1) is 13.8 Å². The van der Waals surface area contributed by atoms with Gasteiger partial charge in [0, 0.05) is 43.1 Å². The molecule has 0 atom stereocenters. The molecule has 2 heterocycles. The number of fused-ring (bicyclic) bond motifs is 1. The van der Waals surface area contributed by atoms with Crippen molar-refractivity contribution in [1.82, 2.24) is 14.2 Å². The number of H-pyrrole nitrogens is 1. The van der Waals surface area contributed by atoms with E-state index in [1.54, 1.807) is 10.4 Å². The zero-order valence-corrected chi connectivity index (χ0v) is 18.0. The molecule has 0 saturated carbocycles. The highest BCUT2D eigenvalue weighted by Gasteiger charge is 2.30. The van der Waals surface area contributed by atoms with E-state index in [4.69, 9.17) is 0 Å². The highest BCUT2D eigenvalue weighted by molar-refractivity contribution is 7.89. The molecular weight excluding hydrogens is 386 g/mol. The Morgan fingerprint density at radius 3 is 2.34 bits per heavy atom. The van der Waals surface area contributed by atoms with Crippen molar-refractivity contribution >= 4 is 15.8 Å². The summed E-state index contributed by atoms with van der Waals surface area (Å²) in [6.45, 7) is 6.13. The summed E-state index contributed by atoms with van der Waals surface area (Å²) in [4.78, 5) is 18.2. The van der Waals surface area contributed by atoms with Crippen LogP contribution in [-0.4, -0.2) is 61.1 Å². The number of benzene rings is 1. The Morgan fingerprint density at radius 2 is 1.69 bits per heavy atom. The molecule has 2 aliphatic rings. The average molecular weight is 416 g/mol. The van der Waals surface area contributed by atoms with E-state index in [0.717, 1.165) is 36.2 Å². The molecule has 0 bridgehead atoms. The maximum atomic E-state index is 13.1. The number of aromatic amines is 1. The van der Waals surface area contributed by atoms with Gasteiger partial charge in [-0.3, -0.25) is 9.69 Å². The summed E-state index contributed by atoms with van der Waals surface area (Å²) < 4.78 is 27.8. The standard InChI is InChI=1S/C22H29N3O3S/c1-16-13-21(17(2)23-16)22(26)15-24-9-11-25(12-10-24)29(27,28)20-8-7-18-5-3-4-6-19(18)14-20/h7-8,13-14,23H,3-6,9-12,15H2,1-2H3. The van der Waals surface area contributed by atoms with Gasteiger partial charge in [0.15, 0.2) is 5.78 Å². The Labute approximate surface area is 173 Å². The third-order valence-electron chi connectivity index (χ3n) is 6.11. The Hall–Kier alpha value is -1.96. The van der Waals surface area contributed by atoms with E-state index in [2.05, 4.69) is 4.98 Å². The van der Waals surface area contributed by atoms with Gasteiger partial charge in [-0.15, -0.1) is 0 Å². The lowest BCUT2D eigenvalue weighted by molar-refractivity contribution is 0.0901. The van der Waals surface area contributed by atoms with Crippen LogP contribution in [0.2, 0.25) is 0 Å². The number of carbonyl (C=O) groups is 1. The molecule has 0 spiro atoms. The van der Waals surface area contributed by atoms with E-state index >= 15 is 0 Å². The van der Waals surface area contributed by atoms with Gasteiger partial charge in [-0.05, 0) is 68.9 Å². The van der Waals surface area contributed by atoms with Gasteiger partial charge in [-0.1, -0.05) is 6.07 Å². The minimum Gasteiger partial charge on any atom is -0.362 e. The number of aromatic nitrogens is 1. The first-order chi connectivity index (χ1) is 13.8. The van der Waals surface area contributed by atoms with Gasteiger partial charge in [0.1, 0.15) is 0 Å². The molecule has 7 heteroatoms. The molecular formula is C22H29N3O3S. The average Bonchev–Trinajstić information content (AvgIpc) is 3.06. The summed E-state index contributed by atoms with van der Waals surface area (Å²) in [6, 6.07) is 7.50. The van der Waals surface area contributed by atoms with Crippen LogP contribution in [0.1, 0.15) is 45.7 Å². The Balaban J connectivity index is 1.40. The third kappa shape index (κ3) is 4.17. The van der Waals surface area contributed by atoms with Crippen LogP contribution >= 0.6 is 0 Å². The van der Waals surface area contributed by atoms with Crippen molar-refractivity contribution in [3.05, 3.63) is 52.3 Å². The lowest BCUT2D eigenvalue weighted by atomic mass is 9.92. The smallest absolute Gasteiger partial charge is 0.243 e. The fourth-order valence-electron chi connectivity index (χ4n) is 4.45. The van der Waals surface area contributed by atoms with Crippen molar-refractivity contribution in [2.45, 2.75) is 44.4 Å². The number of nitrogens with one attached hydrogen (secondary N) is 1. The van der Waals surface area contributed by atoms with Crippen LogP contribution in [-0.2, 0) is 22.9 Å². The Bertz CT molecular complexity index is 1020. The summed E-state index contributed by atoms with van der Waals surface area (Å²) in [7, 11) is -3.49. The summed E-state index contributed by atoms with van der Waals surface area (Å²) >= 11 is 0. The molecule has 4 rings (SSSR count). The fraction of sp³-hybridized carbons (Fsp3) is 0.500. The summed E-state index contributed by atoms with van der Waals surface area (Å²) in [5, 5.41) is 0. The second-order valence-electron chi connectivity index (χ2n) is 8.23. The molecule has 2 aromatic rings. The molecule has 6 nitrogen and oxygen atoms in total. The first kappa shape index (κ1) is 20.3. The van der Waals surface area contributed by atoms with Crippen LogP contribution in [0.3, 0.4) is 0 Å². The van der Waals surface area contributed by atoms with E-state index in [0.29, 0.717) is 37.6 Å². The van der Waals surface area contributed by atoms with Crippen LogP contribution in [0.5, 0.6) is 0 Å². The monoisotopic (exact) mass is 415 g/mol. The SMILES string of the molecule is Cc1cc(C(=O)CN2CCN(S(=O)(=O)c3ccc4c(c3)CCCC4)CC2)c(C)[nH]1. The molecule has 1 aromatic carbocycles. The first-order valence-corrected chi connectivity index (χ1v) is 11.8. The normalized spacial score (nSPS) is 18.6. The molecule has 1 aliphatic carbocycles. The van der Waals surface area contributed by atoms with E-state index in [1.807, 2.05) is 36.9 Å². The van der Waals surface area contributed by atoms with E-state index < -0.39 is 10.0 Å². The van der Waals surface area contributed by atoms with E-state index in [9.17, 15) is 13.2 Å². The van der Waals surface area contributed by atoms with Gasteiger partial charge in [-0.2, -0.15) is 4.31 Å². The molecule has 0 amide bonds. The summed E-state index contributed by atoms with van der Waals surface area (Å²) in [6.07, 6.45) is 4.32. The number of rotatable bonds is 5. The number of ketones is 1. The number of Topliss-reactive ketones (excluding diaryl/α,β-unsaturated/α-hetero) is 1. The minimum absolute atomic E-state index is 0.0813. The zero-order chi connectivity index (χ0) is 20.6. The number of carbonyl (C=O) groups excluding carboxylic acids is 1. The molecule has 0 unspecified atom stereocenters. The first-order valence-electron chi connectivity index (χ1n) is 10.4. The summed E-state index contributed by atoms with van der Waals surface area (Å²) in [5.74, 6) is 0.0813. The number of aryl methyl sites for hydroxylation is 4. The Kier molecular flexibility index (Phi) is 5.64. The second kappa shape index (κ2) is 8.05. The van der Waals surface area contributed by atoms with Gasteiger partial charge in [0.25, 0.3) is 0 Å². The van der Waals surface area contributed by atoms with Gasteiger partial charge >= 0.3 is 0 Å². The maximum absolute atomic E-state index is 13.1. The number of hydrogen-bond acceptors (Lipinski definition) is 4.